The Balaban J connectivity index is 1.63. The molecule has 1 N–H and O–H groups in total. The van der Waals surface area contributed by atoms with Crippen LogP contribution in [-0.2, 0) is 0 Å². The molecule has 0 saturated carbocycles. The molecule has 0 radical (unpaired) electrons. The summed E-state index contributed by atoms with van der Waals surface area (Å²) in [5.41, 5.74) is 5.00. The third kappa shape index (κ3) is 2.85. The highest BCUT2D eigenvalue weighted by Gasteiger charge is 2.41. The Morgan fingerprint density at radius 2 is 1.94 bits per heavy atom. The van der Waals surface area contributed by atoms with E-state index in [2.05, 4.69) is 38.6 Å². The van der Waals surface area contributed by atoms with E-state index in [0.29, 0.717) is 12.6 Å². The number of nitrogens with one attached hydrogen (secondary N) is 1. The van der Waals surface area contributed by atoms with Crippen molar-refractivity contribution in [2.75, 3.05) is 11.9 Å². The minimum atomic E-state index is -0.377. The molecule has 0 fully saturated rings. The van der Waals surface area contributed by atoms with E-state index in [0.717, 1.165) is 39.5 Å². The van der Waals surface area contributed by atoms with Gasteiger partial charge in [-0.2, -0.15) is 10.1 Å². The molecule has 7 heteroatoms. The fourth-order valence-electron chi connectivity index (χ4n) is 4.52. The molecule has 0 saturated heterocycles. The van der Waals surface area contributed by atoms with Gasteiger partial charge in [-0.1, -0.05) is 36.4 Å². The second kappa shape index (κ2) is 7.53. The van der Waals surface area contributed by atoms with E-state index >= 15 is 0 Å². The molecule has 32 heavy (non-hydrogen) atoms. The van der Waals surface area contributed by atoms with Crippen molar-refractivity contribution in [3.05, 3.63) is 102 Å². The van der Waals surface area contributed by atoms with Crippen molar-refractivity contribution in [3.8, 4) is 11.5 Å². The van der Waals surface area contributed by atoms with Gasteiger partial charge in [0.25, 0.3) is 0 Å². The SMILES string of the molecule is CCOc1ccccc1[C@@H]1Oc2ccccc2C2=C1[C@H](c1cccnc1)n1ncnc1N2. The van der Waals surface area contributed by atoms with Gasteiger partial charge in [0.1, 0.15) is 23.9 Å². The van der Waals surface area contributed by atoms with E-state index in [9.17, 15) is 0 Å². The molecule has 0 unspecified atom stereocenters. The maximum Gasteiger partial charge on any atom is 0.226 e. The molecule has 2 aliphatic rings. The summed E-state index contributed by atoms with van der Waals surface area (Å²) in [4.78, 5) is 8.84. The number of para-hydroxylation sites is 2. The van der Waals surface area contributed by atoms with Crippen molar-refractivity contribution < 1.29 is 9.47 Å². The highest BCUT2D eigenvalue weighted by Crippen LogP contribution is 2.51. The van der Waals surface area contributed by atoms with Crippen LogP contribution in [0.1, 0.15) is 35.8 Å². The van der Waals surface area contributed by atoms with Crippen molar-refractivity contribution in [3.63, 3.8) is 0 Å². The lowest BCUT2D eigenvalue weighted by atomic mass is 9.85. The smallest absolute Gasteiger partial charge is 0.226 e. The lowest BCUT2D eigenvalue weighted by Gasteiger charge is -2.39. The van der Waals surface area contributed by atoms with E-state index in [1.165, 1.54) is 0 Å². The van der Waals surface area contributed by atoms with Gasteiger partial charge >= 0.3 is 0 Å². The number of hydrogen-bond donors (Lipinski definition) is 1. The Labute approximate surface area is 185 Å². The highest BCUT2D eigenvalue weighted by molar-refractivity contribution is 5.85. The van der Waals surface area contributed by atoms with Crippen LogP contribution in [0.3, 0.4) is 0 Å². The van der Waals surface area contributed by atoms with Gasteiger partial charge in [-0.25, -0.2) is 4.68 Å². The van der Waals surface area contributed by atoms with Crippen molar-refractivity contribution >= 4 is 11.6 Å². The monoisotopic (exact) mass is 423 g/mol. The van der Waals surface area contributed by atoms with E-state index in [1.54, 1.807) is 12.5 Å². The van der Waals surface area contributed by atoms with E-state index in [4.69, 9.17) is 9.47 Å². The second-order valence-electron chi connectivity index (χ2n) is 7.64. The zero-order valence-corrected chi connectivity index (χ0v) is 17.5. The lowest BCUT2D eigenvalue weighted by molar-refractivity contribution is 0.215. The van der Waals surface area contributed by atoms with Crippen molar-refractivity contribution in [2.45, 2.75) is 19.1 Å². The van der Waals surface area contributed by atoms with Crippen LogP contribution in [0.2, 0.25) is 0 Å². The molecule has 0 aliphatic carbocycles. The van der Waals surface area contributed by atoms with Crippen molar-refractivity contribution in [2.24, 2.45) is 0 Å². The summed E-state index contributed by atoms with van der Waals surface area (Å²) in [6, 6.07) is 19.9. The lowest BCUT2D eigenvalue weighted by Crippen LogP contribution is -2.32. The van der Waals surface area contributed by atoms with Crippen LogP contribution in [0.4, 0.5) is 5.95 Å². The summed E-state index contributed by atoms with van der Waals surface area (Å²) >= 11 is 0. The number of hydrogen-bond acceptors (Lipinski definition) is 6. The van der Waals surface area contributed by atoms with E-state index in [1.807, 2.05) is 60.3 Å². The van der Waals surface area contributed by atoms with Gasteiger partial charge in [0, 0.05) is 29.1 Å². The molecule has 7 nitrogen and oxygen atoms in total. The molecule has 4 heterocycles. The first-order valence-corrected chi connectivity index (χ1v) is 10.6. The summed E-state index contributed by atoms with van der Waals surface area (Å²) in [5.74, 6) is 2.31. The molecule has 2 aliphatic heterocycles. The largest absolute Gasteiger partial charge is 0.493 e. The standard InChI is InChI=1S/C25H21N5O2/c1-2-31-19-11-5-4-10-18(19)24-21-22(17-9-3-6-12-20(17)32-24)29-25-27-15-28-30(25)23(21)16-8-7-13-26-14-16/h3-15,23-24H,2H2,1H3,(H,27,28,29)/t23-,24-/m0/s1. The van der Waals surface area contributed by atoms with Crippen LogP contribution in [-0.4, -0.2) is 26.4 Å². The Morgan fingerprint density at radius 3 is 2.81 bits per heavy atom. The summed E-state index contributed by atoms with van der Waals surface area (Å²) in [6.07, 6.45) is 4.84. The summed E-state index contributed by atoms with van der Waals surface area (Å²) in [7, 11) is 0. The fraction of sp³-hybridized carbons (Fsp3) is 0.160. The second-order valence-corrected chi connectivity index (χ2v) is 7.64. The number of pyridine rings is 1. The van der Waals surface area contributed by atoms with Gasteiger partial charge in [-0.3, -0.25) is 4.98 Å². The molecule has 2 aromatic carbocycles. The Kier molecular flexibility index (Phi) is 4.38. The summed E-state index contributed by atoms with van der Waals surface area (Å²) in [6.45, 7) is 2.56. The predicted octanol–water partition coefficient (Wildman–Crippen LogP) is 4.63. The highest BCUT2D eigenvalue weighted by atomic mass is 16.5. The van der Waals surface area contributed by atoms with Gasteiger partial charge in [-0.05, 0) is 36.8 Å². The third-order valence-electron chi connectivity index (χ3n) is 5.82. The van der Waals surface area contributed by atoms with Crippen LogP contribution < -0.4 is 14.8 Å². The maximum absolute atomic E-state index is 6.66. The van der Waals surface area contributed by atoms with Crippen molar-refractivity contribution in [1.82, 2.24) is 19.7 Å². The Hall–Kier alpha value is -4.13. The van der Waals surface area contributed by atoms with Gasteiger partial charge < -0.3 is 14.8 Å². The average Bonchev–Trinajstić information content (AvgIpc) is 3.32. The predicted molar refractivity (Wildman–Crippen MR) is 120 cm³/mol. The molecule has 2 aromatic heterocycles. The topological polar surface area (TPSA) is 74.1 Å². The van der Waals surface area contributed by atoms with Crippen LogP contribution in [0, 0.1) is 0 Å². The molecular formula is C25H21N5O2. The van der Waals surface area contributed by atoms with Crippen LogP contribution in [0.5, 0.6) is 11.5 Å². The minimum Gasteiger partial charge on any atom is -0.493 e. The number of aromatic nitrogens is 4. The Morgan fingerprint density at radius 1 is 1.06 bits per heavy atom. The first kappa shape index (κ1) is 18.6. The molecule has 158 valence electrons. The quantitative estimate of drug-likeness (QED) is 0.516. The molecule has 6 rings (SSSR count). The molecule has 0 spiro atoms. The number of rotatable bonds is 4. The number of ether oxygens (including phenoxy) is 2. The van der Waals surface area contributed by atoms with Crippen LogP contribution in [0.15, 0.2) is 85.0 Å². The summed E-state index contributed by atoms with van der Waals surface area (Å²) < 4.78 is 14.5. The molecule has 0 amide bonds. The van der Waals surface area contributed by atoms with Gasteiger partial charge in [0.15, 0.2) is 6.10 Å². The third-order valence-corrected chi connectivity index (χ3v) is 5.82. The minimum absolute atomic E-state index is 0.231. The zero-order valence-electron chi connectivity index (χ0n) is 17.5. The number of fused-ring (bicyclic) bond motifs is 3. The normalized spacial score (nSPS) is 18.7. The fourth-order valence-corrected chi connectivity index (χ4v) is 4.52. The summed E-state index contributed by atoms with van der Waals surface area (Å²) in [5, 5.41) is 8.06. The maximum atomic E-state index is 6.66. The van der Waals surface area contributed by atoms with Gasteiger partial charge in [0.2, 0.25) is 5.95 Å². The van der Waals surface area contributed by atoms with E-state index in [-0.39, 0.29) is 12.1 Å². The average molecular weight is 423 g/mol. The van der Waals surface area contributed by atoms with Crippen LogP contribution in [0.25, 0.3) is 5.70 Å². The van der Waals surface area contributed by atoms with Crippen LogP contribution >= 0.6 is 0 Å². The first-order valence-electron chi connectivity index (χ1n) is 10.6. The Bertz CT molecular complexity index is 1310. The first-order chi connectivity index (χ1) is 15.8. The zero-order chi connectivity index (χ0) is 21.5. The molecule has 4 aromatic rings. The number of benzene rings is 2. The van der Waals surface area contributed by atoms with Gasteiger partial charge in [0.05, 0.1) is 12.3 Å². The molecule has 0 bridgehead atoms. The molecular weight excluding hydrogens is 402 g/mol. The van der Waals surface area contributed by atoms with Gasteiger partial charge in [-0.15, -0.1) is 0 Å². The number of nitrogens with zero attached hydrogens (tertiary/aromatic N) is 4. The van der Waals surface area contributed by atoms with E-state index < -0.39 is 0 Å². The van der Waals surface area contributed by atoms with Crippen molar-refractivity contribution in [1.29, 1.82) is 0 Å². The number of anilines is 1. The molecule has 2 atom stereocenters.